The van der Waals surface area contributed by atoms with Gasteiger partial charge in [0.15, 0.2) is 11.5 Å². The Balaban J connectivity index is 1.76. The van der Waals surface area contributed by atoms with Crippen molar-refractivity contribution in [3.63, 3.8) is 0 Å². The van der Waals surface area contributed by atoms with Crippen LogP contribution >= 0.6 is 11.3 Å². The summed E-state index contributed by atoms with van der Waals surface area (Å²) in [4.78, 5) is 1.43. The van der Waals surface area contributed by atoms with Crippen LogP contribution in [0.4, 0.5) is 0 Å². The van der Waals surface area contributed by atoms with E-state index in [-0.39, 0.29) is 0 Å². The highest BCUT2D eigenvalue weighted by Gasteiger charge is 2.24. The fraction of sp³-hybridized carbons (Fsp3) is 0.286. The SMILES string of the molecule is c1cc2c(s1)C(c1ccc3c(c1)OCO3)NCC2. The number of nitrogens with one attached hydrogen (secondary N) is 1. The van der Waals surface area contributed by atoms with Gasteiger partial charge in [-0.15, -0.1) is 11.3 Å². The Morgan fingerprint density at radius 2 is 2.11 bits per heavy atom. The fourth-order valence-corrected chi connectivity index (χ4v) is 3.67. The minimum absolute atomic E-state index is 0.295. The Kier molecular flexibility index (Phi) is 2.31. The molecule has 0 bridgehead atoms. The first-order valence-electron chi connectivity index (χ1n) is 6.11. The highest BCUT2D eigenvalue weighted by atomic mass is 32.1. The van der Waals surface area contributed by atoms with Gasteiger partial charge in [0.25, 0.3) is 0 Å². The van der Waals surface area contributed by atoms with Gasteiger partial charge in [-0.1, -0.05) is 6.07 Å². The topological polar surface area (TPSA) is 30.5 Å². The summed E-state index contributed by atoms with van der Waals surface area (Å²) in [5.41, 5.74) is 2.73. The molecule has 0 spiro atoms. The molecule has 1 unspecified atom stereocenters. The molecule has 4 rings (SSSR count). The van der Waals surface area contributed by atoms with Crippen LogP contribution in [-0.4, -0.2) is 13.3 Å². The minimum Gasteiger partial charge on any atom is -0.454 e. The third-order valence-corrected chi connectivity index (χ3v) is 4.54. The highest BCUT2D eigenvalue weighted by molar-refractivity contribution is 7.10. The molecular weight excluding hydrogens is 246 g/mol. The van der Waals surface area contributed by atoms with Crippen molar-refractivity contribution in [3.8, 4) is 11.5 Å². The van der Waals surface area contributed by atoms with Gasteiger partial charge in [-0.25, -0.2) is 0 Å². The molecule has 1 N–H and O–H groups in total. The number of rotatable bonds is 1. The predicted octanol–water partition coefficient (Wildman–Crippen LogP) is 2.71. The van der Waals surface area contributed by atoms with E-state index < -0.39 is 0 Å². The van der Waals surface area contributed by atoms with Crippen LogP contribution in [0.2, 0.25) is 0 Å². The third-order valence-electron chi connectivity index (χ3n) is 3.52. The van der Waals surface area contributed by atoms with Gasteiger partial charge >= 0.3 is 0 Å². The Morgan fingerprint density at radius 3 is 3.11 bits per heavy atom. The van der Waals surface area contributed by atoms with Crippen LogP contribution in [0.5, 0.6) is 11.5 Å². The maximum atomic E-state index is 5.45. The van der Waals surface area contributed by atoms with Crippen LogP contribution in [0.25, 0.3) is 0 Å². The maximum absolute atomic E-state index is 5.45. The Labute approximate surface area is 109 Å². The second kappa shape index (κ2) is 4.00. The first-order chi connectivity index (χ1) is 8.92. The molecule has 1 aromatic heterocycles. The summed E-state index contributed by atoms with van der Waals surface area (Å²) >= 11 is 1.83. The molecule has 0 saturated heterocycles. The normalized spacial score (nSPS) is 20.8. The Morgan fingerprint density at radius 1 is 1.17 bits per heavy atom. The van der Waals surface area contributed by atoms with Gasteiger partial charge in [0.05, 0.1) is 6.04 Å². The lowest BCUT2D eigenvalue weighted by Crippen LogP contribution is -2.29. The molecule has 18 heavy (non-hydrogen) atoms. The van der Waals surface area contributed by atoms with Crippen LogP contribution < -0.4 is 14.8 Å². The molecule has 3 heterocycles. The number of fused-ring (bicyclic) bond motifs is 2. The standard InChI is InChI=1S/C14H13NO2S/c1-2-11-12(17-8-16-11)7-10(1)13-14-9(3-5-15-13)4-6-18-14/h1-2,4,6-7,13,15H,3,5,8H2. The van der Waals surface area contributed by atoms with E-state index in [0.717, 1.165) is 24.5 Å². The minimum atomic E-state index is 0.295. The second-order valence-electron chi connectivity index (χ2n) is 4.56. The lowest BCUT2D eigenvalue weighted by Gasteiger charge is -2.24. The Hall–Kier alpha value is -1.52. The van der Waals surface area contributed by atoms with E-state index in [9.17, 15) is 0 Å². The van der Waals surface area contributed by atoms with E-state index in [2.05, 4.69) is 28.9 Å². The van der Waals surface area contributed by atoms with Crippen molar-refractivity contribution >= 4 is 11.3 Å². The van der Waals surface area contributed by atoms with Crippen molar-refractivity contribution in [1.82, 2.24) is 5.32 Å². The van der Waals surface area contributed by atoms with Gasteiger partial charge in [0, 0.05) is 11.4 Å². The van der Waals surface area contributed by atoms with Gasteiger partial charge in [-0.2, -0.15) is 0 Å². The van der Waals surface area contributed by atoms with Gasteiger partial charge in [0.2, 0.25) is 6.79 Å². The molecule has 4 heteroatoms. The summed E-state index contributed by atoms with van der Waals surface area (Å²) in [7, 11) is 0. The van der Waals surface area contributed by atoms with Crippen molar-refractivity contribution in [2.45, 2.75) is 12.5 Å². The van der Waals surface area contributed by atoms with E-state index in [1.807, 2.05) is 17.4 Å². The molecule has 2 aliphatic heterocycles. The number of thiophene rings is 1. The largest absolute Gasteiger partial charge is 0.454 e. The molecule has 92 valence electrons. The zero-order valence-corrected chi connectivity index (χ0v) is 10.6. The molecule has 2 aliphatic rings. The van der Waals surface area contributed by atoms with Crippen LogP contribution in [0, 0.1) is 0 Å². The van der Waals surface area contributed by atoms with E-state index in [0.29, 0.717) is 12.8 Å². The van der Waals surface area contributed by atoms with E-state index >= 15 is 0 Å². The van der Waals surface area contributed by atoms with Crippen LogP contribution in [0.15, 0.2) is 29.6 Å². The number of benzene rings is 1. The van der Waals surface area contributed by atoms with Crippen molar-refractivity contribution in [2.24, 2.45) is 0 Å². The molecule has 0 aliphatic carbocycles. The zero-order valence-electron chi connectivity index (χ0n) is 9.81. The van der Waals surface area contributed by atoms with E-state index in [4.69, 9.17) is 9.47 Å². The molecule has 0 fully saturated rings. The monoisotopic (exact) mass is 259 g/mol. The lowest BCUT2D eigenvalue weighted by atomic mass is 9.97. The van der Waals surface area contributed by atoms with E-state index in [1.54, 1.807) is 0 Å². The lowest BCUT2D eigenvalue weighted by molar-refractivity contribution is 0.174. The first-order valence-corrected chi connectivity index (χ1v) is 6.99. The number of hydrogen-bond donors (Lipinski definition) is 1. The quantitative estimate of drug-likeness (QED) is 0.854. The van der Waals surface area contributed by atoms with Gasteiger partial charge in [-0.05, 0) is 41.1 Å². The Bertz CT molecular complexity index is 593. The molecule has 0 amide bonds. The smallest absolute Gasteiger partial charge is 0.231 e. The summed E-state index contributed by atoms with van der Waals surface area (Å²) in [6.07, 6.45) is 1.12. The molecule has 2 aromatic rings. The van der Waals surface area contributed by atoms with Crippen LogP contribution in [0.3, 0.4) is 0 Å². The summed E-state index contributed by atoms with van der Waals surface area (Å²) in [6, 6.07) is 8.75. The van der Waals surface area contributed by atoms with Crippen molar-refractivity contribution < 1.29 is 9.47 Å². The highest BCUT2D eigenvalue weighted by Crippen LogP contribution is 2.38. The van der Waals surface area contributed by atoms with E-state index in [1.165, 1.54) is 16.0 Å². The molecule has 0 saturated carbocycles. The average Bonchev–Trinajstić information content (AvgIpc) is 3.05. The molecule has 1 atom stereocenters. The average molecular weight is 259 g/mol. The molecular formula is C14H13NO2S. The van der Waals surface area contributed by atoms with Crippen molar-refractivity contribution in [3.05, 3.63) is 45.6 Å². The maximum Gasteiger partial charge on any atom is 0.231 e. The summed E-state index contributed by atoms with van der Waals surface area (Å²) in [6.45, 7) is 1.37. The zero-order chi connectivity index (χ0) is 11.9. The molecule has 3 nitrogen and oxygen atoms in total. The summed E-state index contributed by atoms with van der Waals surface area (Å²) in [5, 5.41) is 5.76. The van der Waals surface area contributed by atoms with Crippen LogP contribution in [-0.2, 0) is 6.42 Å². The molecule has 0 radical (unpaired) electrons. The first kappa shape index (κ1) is 10.4. The number of ether oxygens (including phenoxy) is 2. The summed E-state index contributed by atoms with van der Waals surface area (Å²) in [5.74, 6) is 1.71. The second-order valence-corrected chi connectivity index (χ2v) is 5.51. The fourth-order valence-electron chi connectivity index (χ4n) is 2.61. The van der Waals surface area contributed by atoms with Gasteiger partial charge in [-0.3, -0.25) is 0 Å². The van der Waals surface area contributed by atoms with Crippen LogP contribution in [0.1, 0.15) is 22.0 Å². The third kappa shape index (κ3) is 1.53. The van der Waals surface area contributed by atoms with Crippen molar-refractivity contribution in [2.75, 3.05) is 13.3 Å². The van der Waals surface area contributed by atoms with Gasteiger partial charge in [0.1, 0.15) is 0 Å². The predicted molar refractivity (Wildman–Crippen MR) is 70.4 cm³/mol. The van der Waals surface area contributed by atoms with Gasteiger partial charge < -0.3 is 14.8 Å². The summed E-state index contributed by atoms with van der Waals surface area (Å²) < 4.78 is 10.8. The molecule has 1 aromatic carbocycles. The van der Waals surface area contributed by atoms with Crippen molar-refractivity contribution in [1.29, 1.82) is 0 Å². The number of hydrogen-bond acceptors (Lipinski definition) is 4.